The molecule has 0 saturated carbocycles. The third-order valence-corrected chi connectivity index (χ3v) is 5.16. The maximum atomic E-state index is 13.7. The molecule has 6 heteroatoms. The van der Waals surface area contributed by atoms with Crippen molar-refractivity contribution in [3.63, 3.8) is 0 Å². The first-order chi connectivity index (χ1) is 15.0. The fourth-order valence-corrected chi connectivity index (χ4v) is 3.57. The van der Waals surface area contributed by atoms with Crippen molar-refractivity contribution >= 4 is 11.6 Å². The Labute approximate surface area is 179 Å². The van der Waals surface area contributed by atoms with Crippen molar-refractivity contribution in [1.29, 1.82) is 0 Å². The summed E-state index contributed by atoms with van der Waals surface area (Å²) in [5.41, 5.74) is 3.81. The zero-order valence-electron chi connectivity index (χ0n) is 17.1. The maximum absolute atomic E-state index is 13.7. The predicted octanol–water partition coefficient (Wildman–Crippen LogP) is 5.11. The highest BCUT2D eigenvalue weighted by Gasteiger charge is 2.27. The average Bonchev–Trinajstić information content (AvgIpc) is 3.22. The summed E-state index contributed by atoms with van der Waals surface area (Å²) in [5.74, 6) is -1.22. The molecule has 1 amide bonds. The number of oxime groups is 1. The highest BCUT2D eigenvalue weighted by atomic mass is 19.1. The van der Waals surface area contributed by atoms with Crippen LogP contribution in [0.1, 0.15) is 33.5 Å². The number of aryl methyl sites for hydroxylation is 1. The van der Waals surface area contributed by atoms with Crippen LogP contribution in [0.4, 0.5) is 8.78 Å². The molecule has 4 nitrogen and oxygen atoms in total. The van der Waals surface area contributed by atoms with Gasteiger partial charge in [0, 0.05) is 18.5 Å². The number of amides is 1. The van der Waals surface area contributed by atoms with Crippen LogP contribution < -0.4 is 0 Å². The summed E-state index contributed by atoms with van der Waals surface area (Å²) in [5, 5.41) is 4.20. The molecule has 3 aromatic carbocycles. The van der Waals surface area contributed by atoms with Gasteiger partial charge in [0.1, 0.15) is 11.6 Å². The van der Waals surface area contributed by atoms with Crippen molar-refractivity contribution in [3.8, 4) is 0 Å². The van der Waals surface area contributed by atoms with Crippen LogP contribution in [0.25, 0.3) is 0 Å². The molecule has 158 valence electrons. The second kappa shape index (κ2) is 9.08. The summed E-state index contributed by atoms with van der Waals surface area (Å²) >= 11 is 0. The molecular formula is C25H22F2N2O2. The fraction of sp³-hybridized carbons (Fsp3) is 0.200. The van der Waals surface area contributed by atoms with Crippen LogP contribution in [-0.4, -0.2) is 29.2 Å². The zero-order chi connectivity index (χ0) is 21.8. The van der Waals surface area contributed by atoms with Gasteiger partial charge in [0.15, 0.2) is 6.10 Å². The lowest BCUT2D eigenvalue weighted by molar-refractivity contribution is 0.0404. The van der Waals surface area contributed by atoms with E-state index >= 15 is 0 Å². The minimum atomic E-state index is -0.487. The van der Waals surface area contributed by atoms with Crippen molar-refractivity contribution in [3.05, 3.63) is 107 Å². The van der Waals surface area contributed by atoms with E-state index in [-0.39, 0.29) is 36.5 Å². The Bertz CT molecular complexity index is 1110. The Hall–Kier alpha value is -3.54. The van der Waals surface area contributed by atoms with Gasteiger partial charge in [-0.15, -0.1) is 0 Å². The number of carbonyl (C=O) groups is 1. The summed E-state index contributed by atoms with van der Waals surface area (Å²) in [6, 6.07) is 19.6. The standard InChI is InChI=1S/C25H22F2N2O2/c1-17-8-10-19(11-9-17)24-14-23(31-28-24)16-29(15-18-4-2-6-21(26)12-18)25(30)20-5-3-7-22(27)13-20/h2-13,23H,14-16H2,1H3/t23-/m0/s1. The van der Waals surface area contributed by atoms with Crippen molar-refractivity contribution in [1.82, 2.24) is 4.90 Å². The van der Waals surface area contributed by atoms with E-state index in [0.29, 0.717) is 12.0 Å². The summed E-state index contributed by atoms with van der Waals surface area (Å²) in [7, 11) is 0. The number of hydrogen-bond donors (Lipinski definition) is 0. The third-order valence-electron chi connectivity index (χ3n) is 5.16. The van der Waals surface area contributed by atoms with Crippen LogP contribution in [-0.2, 0) is 11.4 Å². The highest BCUT2D eigenvalue weighted by molar-refractivity contribution is 6.01. The van der Waals surface area contributed by atoms with Crippen molar-refractivity contribution in [2.75, 3.05) is 6.54 Å². The Morgan fingerprint density at radius 3 is 2.45 bits per heavy atom. The molecule has 31 heavy (non-hydrogen) atoms. The lowest BCUT2D eigenvalue weighted by Crippen LogP contribution is -2.37. The van der Waals surface area contributed by atoms with Crippen molar-refractivity contribution in [2.45, 2.75) is 26.0 Å². The van der Waals surface area contributed by atoms with Crippen LogP contribution >= 0.6 is 0 Å². The molecular weight excluding hydrogens is 398 g/mol. The molecule has 3 aromatic rings. The summed E-state index contributed by atoms with van der Waals surface area (Å²) in [6.45, 7) is 2.43. The third kappa shape index (κ3) is 5.15. The molecule has 0 radical (unpaired) electrons. The van der Waals surface area contributed by atoms with Gasteiger partial charge in [0.05, 0.1) is 12.3 Å². The largest absolute Gasteiger partial charge is 0.390 e. The Kier molecular flexibility index (Phi) is 6.07. The smallest absolute Gasteiger partial charge is 0.254 e. The normalized spacial score (nSPS) is 15.3. The quantitative estimate of drug-likeness (QED) is 0.556. The first-order valence-corrected chi connectivity index (χ1v) is 10.1. The number of hydrogen-bond acceptors (Lipinski definition) is 3. The molecule has 0 aliphatic carbocycles. The number of benzene rings is 3. The van der Waals surface area contributed by atoms with Gasteiger partial charge >= 0.3 is 0 Å². The van der Waals surface area contributed by atoms with E-state index < -0.39 is 5.82 Å². The Morgan fingerprint density at radius 2 is 1.74 bits per heavy atom. The van der Waals surface area contributed by atoms with Crippen LogP contribution in [0.15, 0.2) is 78.0 Å². The van der Waals surface area contributed by atoms with E-state index in [1.807, 2.05) is 31.2 Å². The van der Waals surface area contributed by atoms with E-state index in [9.17, 15) is 13.6 Å². The molecule has 0 saturated heterocycles. The van der Waals surface area contributed by atoms with Gasteiger partial charge in [-0.05, 0) is 48.4 Å². The maximum Gasteiger partial charge on any atom is 0.254 e. The summed E-state index contributed by atoms with van der Waals surface area (Å²) in [4.78, 5) is 20.3. The van der Waals surface area contributed by atoms with Crippen LogP contribution in [0.3, 0.4) is 0 Å². The van der Waals surface area contributed by atoms with Gasteiger partial charge in [-0.2, -0.15) is 0 Å². The molecule has 0 aromatic heterocycles. The predicted molar refractivity (Wildman–Crippen MR) is 115 cm³/mol. The van der Waals surface area contributed by atoms with Crippen LogP contribution in [0, 0.1) is 18.6 Å². The molecule has 1 aliphatic rings. The topological polar surface area (TPSA) is 41.9 Å². The number of carbonyl (C=O) groups excluding carboxylic acids is 1. The van der Waals surface area contributed by atoms with Crippen LogP contribution in [0.5, 0.6) is 0 Å². The second-order valence-electron chi connectivity index (χ2n) is 7.66. The Morgan fingerprint density at radius 1 is 1.03 bits per heavy atom. The molecule has 0 spiro atoms. The molecule has 1 aliphatic heterocycles. The first kappa shape index (κ1) is 20.7. The molecule has 0 unspecified atom stereocenters. The van der Waals surface area contributed by atoms with Gasteiger partial charge in [0.25, 0.3) is 5.91 Å². The molecule has 0 bridgehead atoms. The fourth-order valence-electron chi connectivity index (χ4n) is 3.57. The number of rotatable bonds is 6. The zero-order valence-corrected chi connectivity index (χ0v) is 17.1. The highest BCUT2D eigenvalue weighted by Crippen LogP contribution is 2.21. The van der Waals surface area contributed by atoms with Gasteiger partial charge in [0.2, 0.25) is 0 Å². The molecule has 4 rings (SSSR count). The Balaban J connectivity index is 1.52. The number of nitrogens with zero attached hydrogens (tertiary/aromatic N) is 2. The van der Waals surface area contributed by atoms with E-state index in [1.54, 1.807) is 23.1 Å². The lowest BCUT2D eigenvalue weighted by Gasteiger charge is -2.25. The number of halogens is 2. The van der Waals surface area contributed by atoms with E-state index in [4.69, 9.17) is 4.84 Å². The average molecular weight is 420 g/mol. The van der Waals surface area contributed by atoms with Crippen molar-refractivity contribution in [2.24, 2.45) is 5.16 Å². The van der Waals surface area contributed by atoms with E-state index in [1.165, 1.54) is 30.3 Å². The molecule has 0 N–H and O–H groups in total. The van der Waals surface area contributed by atoms with Gasteiger partial charge < -0.3 is 9.74 Å². The van der Waals surface area contributed by atoms with Gasteiger partial charge in [-0.25, -0.2) is 8.78 Å². The van der Waals surface area contributed by atoms with E-state index in [2.05, 4.69) is 5.16 Å². The minimum absolute atomic E-state index is 0.173. The van der Waals surface area contributed by atoms with Gasteiger partial charge in [-0.3, -0.25) is 4.79 Å². The molecule has 1 heterocycles. The first-order valence-electron chi connectivity index (χ1n) is 10.1. The summed E-state index contributed by atoms with van der Waals surface area (Å²) in [6.07, 6.45) is 0.196. The second-order valence-corrected chi connectivity index (χ2v) is 7.66. The van der Waals surface area contributed by atoms with E-state index in [0.717, 1.165) is 16.8 Å². The molecule has 1 atom stereocenters. The summed E-state index contributed by atoms with van der Waals surface area (Å²) < 4.78 is 27.4. The molecule has 0 fully saturated rings. The van der Waals surface area contributed by atoms with Gasteiger partial charge in [-0.1, -0.05) is 53.2 Å². The monoisotopic (exact) mass is 420 g/mol. The lowest BCUT2D eigenvalue weighted by atomic mass is 10.0. The van der Waals surface area contributed by atoms with Crippen molar-refractivity contribution < 1.29 is 18.4 Å². The minimum Gasteiger partial charge on any atom is -0.390 e. The van der Waals surface area contributed by atoms with Crippen LogP contribution in [0.2, 0.25) is 0 Å². The SMILES string of the molecule is Cc1ccc(C2=NO[C@H](CN(Cc3cccc(F)c3)C(=O)c3cccc(F)c3)C2)cc1.